The summed E-state index contributed by atoms with van der Waals surface area (Å²) in [7, 11) is 3.30. The Hall–Kier alpha value is -4.24. The maximum Gasteiger partial charge on any atom is 0.253 e. The van der Waals surface area contributed by atoms with Crippen molar-refractivity contribution in [3.8, 4) is 11.5 Å². The molecule has 0 aromatic heterocycles. The lowest BCUT2D eigenvalue weighted by atomic mass is 10.1. The molecule has 9 heteroatoms. The summed E-state index contributed by atoms with van der Waals surface area (Å²) in [6, 6.07) is 21.0. The first-order chi connectivity index (χ1) is 20.0. The molecule has 1 aliphatic heterocycles. The Morgan fingerprint density at radius 3 is 2.24 bits per heavy atom. The van der Waals surface area contributed by atoms with Crippen molar-refractivity contribution in [1.82, 2.24) is 5.32 Å². The molecule has 2 amide bonds. The van der Waals surface area contributed by atoms with Crippen LogP contribution in [0, 0.1) is 0 Å². The Labute approximate surface area is 242 Å². The third kappa shape index (κ3) is 8.14. The third-order valence-electron chi connectivity index (χ3n) is 7.05. The molecule has 0 atom stereocenters. The summed E-state index contributed by atoms with van der Waals surface area (Å²) in [5, 5.41) is 5.98. The molecule has 0 saturated carbocycles. The van der Waals surface area contributed by atoms with Gasteiger partial charge in [-0.15, -0.1) is 0 Å². The Morgan fingerprint density at radius 2 is 1.56 bits per heavy atom. The van der Waals surface area contributed by atoms with E-state index >= 15 is 0 Å². The number of para-hydroxylation sites is 2. The number of ether oxygens (including phenoxy) is 3. The van der Waals surface area contributed by atoms with Crippen molar-refractivity contribution in [2.45, 2.75) is 19.8 Å². The van der Waals surface area contributed by atoms with E-state index in [1.54, 1.807) is 20.3 Å². The molecule has 1 fully saturated rings. The second-order valence-corrected chi connectivity index (χ2v) is 9.76. The molecule has 3 aromatic carbocycles. The van der Waals surface area contributed by atoms with Gasteiger partial charge in [0.15, 0.2) is 0 Å². The van der Waals surface area contributed by atoms with Gasteiger partial charge in [0.2, 0.25) is 5.91 Å². The smallest absolute Gasteiger partial charge is 0.253 e. The average molecular weight is 561 g/mol. The lowest BCUT2D eigenvalue weighted by molar-refractivity contribution is -0.115. The van der Waals surface area contributed by atoms with Gasteiger partial charge in [-0.05, 0) is 61.4 Å². The van der Waals surface area contributed by atoms with Gasteiger partial charge in [-0.3, -0.25) is 9.59 Å². The van der Waals surface area contributed by atoms with Gasteiger partial charge < -0.3 is 34.6 Å². The number of carbonyl (C=O) groups excluding carboxylic acids is 2. The lowest BCUT2D eigenvalue weighted by Gasteiger charge is -2.38. The summed E-state index contributed by atoms with van der Waals surface area (Å²) in [6.07, 6.45) is 0.945. The molecule has 4 rings (SSSR count). The minimum atomic E-state index is -0.171. The number of carbonyl (C=O) groups is 2. The highest BCUT2D eigenvalue weighted by molar-refractivity contribution is 6.02. The Morgan fingerprint density at radius 1 is 0.854 bits per heavy atom. The highest BCUT2D eigenvalue weighted by Gasteiger charge is 2.24. The van der Waals surface area contributed by atoms with E-state index in [0.29, 0.717) is 31.0 Å². The maximum absolute atomic E-state index is 13.4. The highest BCUT2D eigenvalue weighted by Crippen LogP contribution is 2.31. The first kappa shape index (κ1) is 29.7. The number of benzene rings is 3. The van der Waals surface area contributed by atoms with Gasteiger partial charge in [-0.25, -0.2) is 0 Å². The van der Waals surface area contributed by atoms with Crippen LogP contribution in [-0.4, -0.2) is 72.0 Å². The quantitative estimate of drug-likeness (QED) is 0.300. The Kier molecular flexibility index (Phi) is 10.8. The predicted molar refractivity (Wildman–Crippen MR) is 163 cm³/mol. The molecule has 0 spiro atoms. The zero-order chi connectivity index (χ0) is 29.0. The van der Waals surface area contributed by atoms with E-state index in [0.717, 1.165) is 61.0 Å². The van der Waals surface area contributed by atoms with E-state index < -0.39 is 0 Å². The van der Waals surface area contributed by atoms with Crippen LogP contribution >= 0.6 is 0 Å². The summed E-state index contributed by atoms with van der Waals surface area (Å²) in [4.78, 5) is 30.7. The number of piperazine rings is 1. The number of nitrogens with one attached hydrogen (secondary N) is 2. The molecule has 3 aromatic rings. The van der Waals surface area contributed by atoms with Gasteiger partial charge in [-0.1, -0.05) is 24.3 Å². The van der Waals surface area contributed by atoms with Crippen molar-refractivity contribution in [2.24, 2.45) is 0 Å². The highest BCUT2D eigenvalue weighted by atomic mass is 16.5. The Balaban J connectivity index is 1.47. The first-order valence-corrected chi connectivity index (χ1v) is 14.1. The fourth-order valence-electron chi connectivity index (χ4n) is 4.90. The van der Waals surface area contributed by atoms with Crippen LogP contribution < -0.4 is 29.9 Å². The molecule has 2 N–H and O–H groups in total. The van der Waals surface area contributed by atoms with Gasteiger partial charge >= 0.3 is 0 Å². The van der Waals surface area contributed by atoms with Crippen molar-refractivity contribution in [3.63, 3.8) is 0 Å². The lowest BCUT2D eigenvalue weighted by Crippen LogP contribution is -2.47. The number of hydrogen-bond donors (Lipinski definition) is 2. The molecule has 41 heavy (non-hydrogen) atoms. The first-order valence-electron chi connectivity index (χ1n) is 14.1. The molecular weight excluding hydrogens is 520 g/mol. The maximum atomic E-state index is 13.4. The zero-order valence-corrected chi connectivity index (χ0v) is 24.2. The van der Waals surface area contributed by atoms with E-state index in [9.17, 15) is 9.59 Å². The minimum absolute atomic E-state index is 0.156. The second-order valence-electron chi connectivity index (χ2n) is 9.76. The molecule has 9 nitrogen and oxygen atoms in total. The molecule has 218 valence electrons. The van der Waals surface area contributed by atoms with E-state index in [4.69, 9.17) is 14.2 Å². The third-order valence-corrected chi connectivity index (χ3v) is 7.05. The van der Waals surface area contributed by atoms with E-state index in [-0.39, 0.29) is 18.2 Å². The van der Waals surface area contributed by atoms with Crippen LogP contribution in [0.5, 0.6) is 11.5 Å². The molecule has 0 unspecified atom stereocenters. The van der Waals surface area contributed by atoms with E-state index in [1.165, 1.54) is 0 Å². The van der Waals surface area contributed by atoms with Crippen molar-refractivity contribution >= 4 is 28.9 Å². The van der Waals surface area contributed by atoms with Gasteiger partial charge in [-0.2, -0.15) is 0 Å². The normalized spacial score (nSPS) is 13.0. The fourth-order valence-corrected chi connectivity index (χ4v) is 4.90. The molecule has 0 radical (unpaired) electrons. The summed E-state index contributed by atoms with van der Waals surface area (Å²) in [5.74, 6) is 1.26. The summed E-state index contributed by atoms with van der Waals surface area (Å²) < 4.78 is 16.2. The van der Waals surface area contributed by atoms with Crippen molar-refractivity contribution < 1.29 is 23.8 Å². The van der Waals surface area contributed by atoms with Crippen LogP contribution in [0.3, 0.4) is 0 Å². The molecular formula is C32H40N4O5. The van der Waals surface area contributed by atoms with Crippen molar-refractivity contribution in [2.75, 3.05) is 75.3 Å². The summed E-state index contributed by atoms with van der Waals surface area (Å²) in [6.45, 7) is 6.76. The van der Waals surface area contributed by atoms with E-state index in [1.807, 2.05) is 61.5 Å². The van der Waals surface area contributed by atoms with Crippen LogP contribution in [0.15, 0.2) is 66.7 Å². The number of methoxy groups -OCH3 is 2. The summed E-state index contributed by atoms with van der Waals surface area (Å²) in [5.41, 5.74) is 3.91. The average Bonchev–Trinajstić information content (AvgIpc) is 3.01. The molecule has 1 aliphatic rings. The van der Waals surface area contributed by atoms with E-state index in [2.05, 4.69) is 26.5 Å². The molecule has 1 heterocycles. The van der Waals surface area contributed by atoms with Gasteiger partial charge in [0.1, 0.15) is 11.5 Å². The number of anilines is 3. The second kappa shape index (κ2) is 14.9. The molecule has 0 bridgehead atoms. The SMILES string of the molecule is CCOCCCNC(=O)c1cc(NC(=O)Cc2ccc(OC)cc2)ccc1N1CCN(c2ccccc2OC)CC1. The number of hydrogen-bond acceptors (Lipinski definition) is 7. The zero-order valence-electron chi connectivity index (χ0n) is 24.2. The van der Waals surface area contributed by atoms with Crippen LogP contribution in [0.1, 0.15) is 29.3 Å². The van der Waals surface area contributed by atoms with Crippen molar-refractivity contribution in [1.29, 1.82) is 0 Å². The number of amides is 2. The van der Waals surface area contributed by atoms with Gasteiger partial charge in [0.05, 0.1) is 31.9 Å². The van der Waals surface area contributed by atoms with Crippen LogP contribution in [0.2, 0.25) is 0 Å². The standard InChI is InChI=1S/C32H40N4O5/c1-4-41-21-7-16-33-32(38)27-23-25(34-31(37)22-24-10-13-26(39-2)14-11-24)12-15-28(27)35-17-19-36(20-18-35)29-8-5-6-9-30(29)40-3/h5-6,8-15,23H,4,7,16-22H2,1-3H3,(H,33,38)(H,34,37). The minimum Gasteiger partial charge on any atom is -0.497 e. The fraction of sp³-hybridized carbons (Fsp3) is 0.375. The topological polar surface area (TPSA) is 92.4 Å². The summed E-state index contributed by atoms with van der Waals surface area (Å²) >= 11 is 0. The van der Waals surface area contributed by atoms with Gasteiger partial charge in [0, 0.05) is 57.3 Å². The Bertz CT molecular complexity index is 1290. The molecule has 0 aliphatic carbocycles. The van der Waals surface area contributed by atoms with Crippen molar-refractivity contribution in [3.05, 3.63) is 77.9 Å². The number of rotatable bonds is 13. The van der Waals surface area contributed by atoms with Gasteiger partial charge in [0.25, 0.3) is 5.91 Å². The van der Waals surface area contributed by atoms with Crippen LogP contribution in [-0.2, 0) is 16.0 Å². The number of nitrogens with zero attached hydrogens (tertiary/aromatic N) is 2. The predicted octanol–water partition coefficient (Wildman–Crippen LogP) is 4.37. The van der Waals surface area contributed by atoms with Crippen LogP contribution in [0.4, 0.5) is 17.1 Å². The molecule has 1 saturated heterocycles. The largest absolute Gasteiger partial charge is 0.497 e. The van der Waals surface area contributed by atoms with Crippen LogP contribution in [0.25, 0.3) is 0 Å². The monoisotopic (exact) mass is 560 g/mol.